The minimum atomic E-state index is -0.330. The van der Waals surface area contributed by atoms with Crippen LogP contribution in [0.5, 0.6) is 0 Å². The molecule has 0 aliphatic carbocycles. The molecule has 0 unspecified atom stereocenters. The van der Waals surface area contributed by atoms with Crippen LogP contribution in [0.25, 0.3) is 11.1 Å². The monoisotopic (exact) mass is 331 g/mol. The molecule has 124 valence electrons. The Labute approximate surface area is 141 Å². The summed E-state index contributed by atoms with van der Waals surface area (Å²) >= 11 is 1.65. The first-order valence-corrected chi connectivity index (χ1v) is 9.28. The molecule has 0 radical (unpaired) electrons. The molecule has 2 aromatic rings. The number of likely N-dealkylation sites (tertiary alicyclic amines) is 1. The lowest BCUT2D eigenvalue weighted by molar-refractivity contribution is 0.1000. The molecule has 0 aromatic carbocycles. The van der Waals surface area contributed by atoms with Gasteiger partial charge in [0.1, 0.15) is 0 Å². The van der Waals surface area contributed by atoms with Crippen LogP contribution in [0.1, 0.15) is 41.0 Å². The van der Waals surface area contributed by atoms with E-state index in [2.05, 4.69) is 27.8 Å². The zero-order valence-corrected chi connectivity index (χ0v) is 14.8. The van der Waals surface area contributed by atoms with Crippen LogP contribution in [-0.2, 0) is 6.54 Å². The molecule has 0 saturated carbocycles. The average molecular weight is 331 g/mol. The Morgan fingerprint density at radius 2 is 1.91 bits per heavy atom. The maximum atomic E-state index is 12.0. The van der Waals surface area contributed by atoms with Gasteiger partial charge in [0.15, 0.2) is 0 Å². The highest BCUT2D eigenvalue weighted by molar-refractivity contribution is 7.08. The van der Waals surface area contributed by atoms with E-state index >= 15 is 0 Å². The molecule has 1 aliphatic heterocycles. The molecule has 2 N–H and O–H groups in total. The van der Waals surface area contributed by atoms with Crippen molar-refractivity contribution >= 4 is 17.2 Å². The van der Waals surface area contributed by atoms with Gasteiger partial charge in [-0.1, -0.05) is 6.42 Å². The van der Waals surface area contributed by atoms with E-state index < -0.39 is 0 Å². The SMILES string of the molecule is Cc1c(C(N)=O)c(-c2ccsc2)c(C)n1CCN1CCCCC1. The van der Waals surface area contributed by atoms with Crippen LogP contribution in [0.15, 0.2) is 16.8 Å². The number of hydrogen-bond acceptors (Lipinski definition) is 3. The number of nitrogens with zero attached hydrogens (tertiary/aromatic N) is 2. The van der Waals surface area contributed by atoms with Gasteiger partial charge in [-0.05, 0) is 62.2 Å². The molecule has 1 fully saturated rings. The molecule has 23 heavy (non-hydrogen) atoms. The molecule has 0 bridgehead atoms. The van der Waals surface area contributed by atoms with Crippen molar-refractivity contribution in [3.05, 3.63) is 33.8 Å². The molecule has 3 heterocycles. The Balaban J connectivity index is 1.91. The Morgan fingerprint density at radius 1 is 1.17 bits per heavy atom. The van der Waals surface area contributed by atoms with E-state index in [0.717, 1.165) is 35.6 Å². The summed E-state index contributed by atoms with van der Waals surface area (Å²) in [5, 5.41) is 4.13. The molecule has 2 aromatic heterocycles. The fraction of sp³-hybridized carbons (Fsp3) is 0.500. The number of aromatic nitrogens is 1. The number of piperidine rings is 1. The van der Waals surface area contributed by atoms with Gasteiger partial charge in [-0.3, -0.25) is 4.79 Å². The summed E-state index contributed by atoms with van der Waals surface area (Å²) in [6.07, 6.45) is 3.96. The van der Waals surface area contributed by atoms with Crippen LogP contribution >= 0.6 is 11.3 Å². The Morgan fingerprint density at radius 3 is 2.52 bits per heavy atom. The Hall–Kier alpha value is -1.59. The van der Waals surface area contributed by atoms with Gasteiger partial charge in [0.2, 0.25) is 0 Å². The summed E-state index contributed by atoms with van der Waals surface area (Å²) in [6.45, 7) is 8.46. The third-order valence-corrected chi connectivity index (χ3v) is 5.61. The molecule has 5 heteroatoms. The van der Waals surface area contributed by atoms with Crippen LogP contribution in [0.4, 0.5) is 0 Å². The van der Waals surface area contributed by atoms with Gasteiger partial charge in [-0.25, -0.2) is 0 Å². The van der Waals surface area contributed by atoms with Gasteiger partial charge in [0, 0.05) is 30.0 Å². The topological polar surface area (TPSA) is 51.3 Å². The average Bonchev–Trinajstić information content (AvgIpc) is 3.13. The Bertz CT molecular complexity index is 682. The minimum absolute atomic E-state index is 0.330. The number of primary amides is 1. The second kappa shape index (κ2) is 6.89. The lowest BCUT2D eigenvalue weighted by Gasteiger charge is -2.27. The van der Waals surface area contributed by atoms with Gasteiger partial charge < -0.3 is 15.2 Å². The van der Waals surface area contributed by atoms with Gasteiger partial charge >= 0.3 is 0 Å². The van der Waals surface area contributed by atoms with E-state index in [1.807, 2.05) is 12.3 Å². The Kier molecular flexibility index (Phi) is 4.87. The number of thiophene rings is 1. The predicted molar refractivity (Wildman–Crippen MR) is 96.0 cm³/mol. The van der Waals surface area contributed by atoms with Gasteiger partial charge in [0.05, 0.1) is 5.56 Å². The first-order valence-electron chi connectivity index (χ1n) is 8.34. The summed E-state index contributed by atoms with van der Waals surface area (Å²) in [6, 6.07) is 2.06. The lowest BCUT2D eigenvalue weighted by Crippen LogP contribution is -2.32. The predicted octanol–water partition coefficient (Wildman–Crippen LogP) is 3.42. The summed E-state index contributed by atoms with van der Waals surface area (Å²) in [7, 11) is 0. The van der Waals surface area contributed by atoms with Crippen molar-refractivity contribution in [1.29, 1.82) is 0 Å². The molecule has 0 spiro atoms. The minimum Gasteiger partial charge on any atom is -0.366 e. The van der Waals surface area contributed by atoms with Crippen molar-refractivity contribution in [1.82, 2.24) is 9.47 Å². The van der Waals surface area contributed by atoms with Crippen LogP contribution in [-0.4, -0.2) is 35.0 Å². The number of rotatable bonds is 5. The molecule has 3 rings (SSSR count). The fourth-order valence-electron chi connectivity index (χ4n) is 3.70. The van der Waals surface area contributed by atoms with E-state index in [9.17, 15) is 4.79 Å². The molecule has 1 aliphatic rings. The molecular weight excluding hydrogens is 306 g/mol. The number of carbonyl (C=O) groups is 1. The van der Waals surface area contributed by atoms with E-state index in [-0.39, 0.29) is 5.91 Å². The first-order chi connectivity index (χ1) is 11.1. The summed E-state index contributed by atoms with van der Waals surface area (Å²) in [5.74, 6) is -0.330. The third-order valence-electron chi connectivity index (χ3n) is 4.93. The summed E-state index contributed by atoms with van der Waals surface area (Å²) in [5.41, 5.74) is 10.6. The summed E-state index contributed by atoms with van der Waals surface area (Å²) in [4.78, 5) is 14.5. The third kappa shape index (κ3) is 3.21. The van der Waals surface area contributed by atoms with Crippen molar-refractivity contribution in [3.63, 3.8) is 0 Å². The van der Waals surface area contributed by atoms with Crippen molar-refractivity contribution in [2.45, 2.75) is 39.7 Å². The lowest BCUT2D eigenvalue weighted by atomic mass is 10.0. The maximum Gasteiger partial charge on any atom is 0.251 e. The van der Waals surface area contributed by atoms with Crippen LogP contribution in [0.3, 0.4) is 0 Å². The smallest absolute Gasteiger partial charge is 0.251 e. The number of nitrogens with two attached hydrogens (primary N) is 1. The molecule has 1 amide bonds. The summed E-state index contributed by atoms with van der Waals surface area (Å²) < 4.78 is 2.27. The number of hydrogen-bond donors (Lipinski definition) is 1. The highest BCUT2D eigenvalue weighted by atomic mass is 32.1. The molecule has 0 atom stereocenters. The van der Waals surface area contributed by atoms with E-state index in [4.69, 9.17) is 5.73 Å². The largest absolute Gasteiger partial charge is 0.366 e. The number of amides is 1. The van der Waals surface area contributed by atoms with Crippen molar-refractivity contribution in [2.24, 2.45) is 5.73 Å². The second-order valence-electron chi connectivity index (χ2n) is 6.35. The van der Waals surface area contributed by atoms with E-state index in [1.165, 1.54) is 32.4 Å². The van der Waals surface area contributed by atoms with E-state index in [0.29, 0.717) is 5.56 Å². The maximum absolute atomic E-state index is 12.0. The zero-order chi connectivity index (χ0) is 16.4. The molecule has 1 saturated heterocycles. The number of carbonyl (C=O) groups excluding carboxylic acids is 1. The van der Waals surface area contributed by atoms with Crippen LogP contribution in [0, 0.1) is 13.8 Å². The first kappa shape index (κ1) is 16.3. The highest BCUT2D eigenvalue weighted by Gasteiger charge is 2.23. The van der Waals surface area contributed by atoms with Crippen molar-refractivity contribution in [3.8, 4) is 11.1 Å². The van der Waals surface area contributed by atoms with Crippen molar-refractivity contribution in [2.75, 3.05) is 19.6 Å². The van der Waals surface area contributed by atoms with Gasteiger partial charge in [-0.2, -0.15) is 11.3 Å². The standard InChI is InChI=1S/C18H25N3OS/c1-13-16(15-6-11-23-12-15)17(18(19)22)14(2)21(13)10-9-20-7-4-3-5-8-20/h6,11-12H,3-5,7-10H2,1-2H3,(H2,19,22). The fourth-order valence-corrected chi connectivity index (χ4v) is 4.35. The highest BCUT2D eigenvalue weighted by Crippen LogP contribution is 2.33. The van der Waals surface area contributed by atoms with Gasteiger partial charge in [-0.15, -0.1) is 0 Å². The van der Waals surface area contributed by atoms with E-state index in [1.54, 1.807) is 11.3 Å². The van der Waals surface area contributed by atoms with Gasteiger partial charge in [0.25, 0.3) is 5.91 Å². The molecular formula is C18H25N3OS. The van der Waals surface area contributed by atoms with Crippen molar-refractivity contribution < 1.29 is 4.79 Å². The second-order valence-corrected chi connectivity index (χ2v) is 7.13. The van der Waals surface area contributed by atoms with Crippen LogP contribution < -0.4 is 5.73 Å². The molecule has 4 nitrogen and oxygen atoms in total. The quantitative estimate of drug-likeness (QED) is 0.913. The zero-order valence-electron chi connectivity index (χ0n) is 14.0. The van der Waals surface area contributed by atoms with Crippen LogP contribution in [0.2, 0.25) is 0 Å². The normalized spacial score (nSPS) is 15.9.